The van der Waals surface area contributed by atoms with Crippen molar-refractivity contribution in [1.29, 1.82) is 5.26 Å². The van der Waals surface area contributed by atoms with Gasteiger partial charge < -0.3 is 14.6 Å². The molecule has 0 aromatic heterocycles. The van der Waals surface area contributed by atoms with E-state index in [-0.39, 0.29) is 0 Å². The molecule has 0 spiro atoms. The van der Waals surface area contributed by atoms with E-state index in [1.165, 1.54) is 14.2 Å². The normalized spacial score (nSPS) is 31.6. The van der Waals surface area contributed by atoms with E-state index in [1.54, 1.807) is 0 Å². The fourth-order valence-electron chi connectivity index (χ4n) is 2.58. The first-order chi connectivity index (χ1) is 7.63. The van der Waals surface area contributed by atoms with Crippen molar-refractivity contribution in [2.45, 2.75) is 45.0 Å². The molecule has 1 aliphatic rings. The molecule has 0 bridgehead atoms. The summed E-state index contributed by atoms with van der Waals surface area (Å²) in [5.74, 6) is 0.531. The van der Waals surface area contributed by atoms with Crippen LogP contribution in [0.15, 0.2) is 0 Å². The highest BCUT2D eigenvalue weighted by Crippen LogP contribution is 2.46. The highest BCUT2D eigenvalue weighted by atomic mass is 16.7. The van der Waals surface area contributed by atoms with Crippen LogP contribution in [-0.2, 0) is 9.47 Å². The zero-order valence-corrected chi connectivity index (χ0v) is 10.3. The number of aliphatic hydroxyl groups excluding tert-OH is 1. The second-order valence-corrected chi connectivity index (χ2v) is 4.57. The van der Waals surface area contributed by atoms with E-state index >= 15 is 0 Å². The van der Waals surface area contributed by atoms with Crippen LogP contribution >= 0.6 is 0 Å². The standard InChI is InChI=1S/C12H21NO3/c1-4-9-5-6-12(7-9,8-13)10(14)11(15-2)16-3/h9-11,14H,4-7H2,1-3H3. The Labute approximate surface area is 97.2 Å². The van der Waals surface area contributed by atoms with Crippen molar-refractivity contribution in [2.75, 3.05) is 14.2 Å². The second-order valence-electron chi connectivity index (χ2n) is 4.57. The number of hydrogen-bond acceptors (Lipinski definition) is 4. The van der Waals surface area contributed by atoms with Gasteiger partial charge in [-0.25, -0.2) is 0 Å². The van der Waals surface area contributed by atoms with Gasteiger partial charge in [0.25, 0.3) is 0 Å². The summed E-state index contributed by atoms with van der Waals surface area (Å²) in [6.45, 7) is 2.12. The fraction of sp³-hybridized carbons (Fsp3) is 0.917. The highest BCUT2D eigenvalue weighted by Gasteiger charge is 2.48. The third kappa shape index (κ3) is 2.37. The molecule has 0 amide bonds. The molecule has 0 saturated heterocycles. The first-order valence-corrected chi connectivity index (χ1v) is 5.78. The quantitative estimate of drug-likeness (QED) is 0.726. The van der Waals surface area contributed by atoms with E-state index in [0.29, 0.717) is 5.92 Å². The molecule has 0 aromatic carbocycles. The lowest BCUT2D eigenvalue weighted by molar-refractivity contribution is -0.189. The van der Waals surface area contributed by atoms with Crippen LogP contribution in [0.5, 0.6) is 0 Å². The van der Waals surface area contributed by atoms with Gasteiger partial charge in [0.2, 0.25) is 0 Å². The summed E-state index contributed by atoms with van der Waals surface area (Å²) in [4.78, 5) is 0. The third-order valence-electron chi connectivity index (χ3n) is 3.74. The molecule has 0 radical (unpaired) electrons. The van der Waals surface area contributed by atoms with E-state index in [4.69, 9.17) is 9.47 Å². The molecule has 16 heavy (non-hydrogen) atoms. The summed E-state index contributed by atoms with van der Waals surface area (Å²) in [7, 11) is 2.96. The molecule has 4 nitrogen and oxygen atoms in total. The Kier molecular flexibility index (Phi) is 4.72. The molecule has 1 N–H and O–H groups in total. The van der Waals surface area contributed by atoms with Crippen LogP contribution in [-0.4, -0.2) is 31.7 Å². The van der Waals surface area contributed by atoms with Crippen molar-refractivity contribution in [3.05, 3.63) is 0 Å². The predicted octanol–water partition coefficient (Wildman–Crippen LogP) is 1.69. The average Bonchev–Trinajstić information content (AvgIpc) is 2.75. The summed E-state index contributed by atoms with van der Waals surface area (Å²) in [6.07, 6.45) is 1.94. The first-order valence-electron chi connectivity index (χ1n) is 5.78. The number of hydrogen-bond donors (Lipinski definition) is 1. The Morgan fingerprint density at radius 2 is 2.12 bits per heavy atom. The first kappa shape index (κ1) is 13.4. The SMILES string of the molecule is CCC1CCC(C#N)(C(O)C(OC)OC)C1. The van der Waals surface area contributed by atoms with Crippen molar-refractivity contribution >= 4 is 0 Å². The van der Waals surface area contributed by atoms with Crippen LogP contribution < -0.4 is 0 Å². The van der Waals surface area contributed by atoms with Crippen molar-refractivity contribution in [3.63, 3.8) is 0 Å². The number of nitrogens with zero attached hydrogens (tertiary/aromatic N) is 1. The molecular formula is C12H21NO3. The third-order valence-corrected chi connectivity index (χ3v) is 3.74. The maximum atomic E-state index is 10.2. The van der Waals surface area contributed by atoms with Crippen LogP contribution in [0.2, 0.25) is 0 Å². The van der Waals surface area contributed by atoms with Gasteiger partial charge in [-0.2, -0.15) is 5.26 Å². The second kappa shape index (κ2) is 5.62. The minimum Gasteiger partial charge on any atom is -0.386 e. The smallest absolute Gasteiger partial charge is 0.184 e. The van der Waals surface area contributed by atoms with Crippen molar-refractivity contribution in [3.8, 4) is 6.07 Å². The predicted molar refractivity (Wildman–Crippen MR) is 59.5 cm³/mol. The van der Waals surface area contributed by atoms with Gasteiger partial charge >= 0.3 is 0 Å². The summed E-state index contributed by atoms with van der Waals surface area (Å²) in [5, 5.41) is 19.5. The van der Waals surface area contributed by atoms with E-state index in [0.717, 1.165) is 25.7 Å². The van der Waals surface area contributed by atoms with Gasteiger partial charge in [-0.15, -0.1) is 0 Å². The van der Waals surface area contributed by atoms with Gasteiger partial charge in [0.05, 0.1) is 11.5 Å². The van der Waals surface area contributed by atoms with Gasteiger partial charge in [0.15, 0.2) is 6.29 Å². The van der Waals surface area contributed by atoms with Crippen molar-refractivity contribution in [2.24, 2.45) is 11.3 Å². The maximum Gasteiger partial charge on any atom is 0.184 e. The van der Waals surface area contributed by atoms with Crippen LogP contribution in [0.4, 0.5) is 0 Å². The van der Waals surface area contributed by atoms with Gasteiger partial charge in [0, 0.05) is 14.2 Å². The van der Waals surface area contributed by atoms with Crippen LogP contribution in [0.25, 0.3) is 0 Å². The number of nitriles is 1. The number of ether oxygens (including phenoxy) is 2. The van der Waals surface area contributed by atoms with Crippen LogP contribution in [0.3, 0.4) is 0 Å². The summed E-state index contributed by atoms with van der Waals surface area (Å²) >= 11 is 0. The van der Waals surface area contributed by atoms with Gasteiger partial charge in [-0.3, -0.25) is 0 Å². The van der Waals surface area contributed by atoms with Crippen molar-refractivity contribution in [1.82, 2.24) is 0 Å². The summed E-state index contributed by atoms with van der Waals surface area (Å²) in [6, 6.07) is 2.28. The van der Waals surface area contributed by atoms with Gasteiger partial charge in [-0.05, 0) is 25.2 Å². The Morgan fingerprint density at radius 3 is 2.50 bits per heavy atom. The fourth-order valence-corrected chi connectivity index (χ4v) is 2.58. The van der Waals surface area contributed by atoms with E-state index in [1.807, 2.05) is 0 Å². The van der Waals surface area contributed by atoms with E-state index in [9.17, 15) is 10.4 Å². The maximum absolute atomic E-state index is 10.2. The molecule has 4 heteroatoms. The Bertz CT molecular complexity index is 259. The van der Waals surface area contributed by atoms with Crippen LogP contribution in [0.1, 0.15) is 32.6 Å². The Balaban J connectivity index is 2.78. The molecular weight excluding hydrogens is 206 g/mol. The van der Waals surface area contributed by atoms with E-state index < -0.39 is 17.8 Å². The topological polar surface area (TPSA) is 62.5 Å². The average molecular weight is 227 g/mol. The molecule has 3 unspecified atom stereocenters. The lowest BCUT2D eigenvalue weighted by Crippen LogP contribution is -2.43. The number of methoxy groups -OCH3 is 2. The monoisotopic (exact) mass is 227 g/mol. The zero-order valence-electron chi connectivity index (χ0n) is 10.3. The van der Waals surface area contributed by atoms with Crippen LogP contribution in [0, 0.1) is 22.7 Å². The molecule has 3 atom stereocenters. The van der Waals surface area contributed by atoms with Crippen molar-refractivity contribution < 1.29 is 14.6 Å². The lowest BCUT2D eigenvalue weighted by atomic mass is 9.80. The van der Waals surface area contributed by atoms with Gasteiger partial charge in [-0.1, -0.05) is 13.3 Å². The number of aliphatic hydroxyl groups is 1. The lowest BCUT2D eigenvalue weighted by Gasteiger charge is -2.31. The molecule has 0 aliphatic heterocycles. The Morgan fingerprint density at radius 1 is 1.50 bits per heavy atom. The zero-order chi connectivity index (χ0) is 12.2. The minimum absolute atomic E-state index is 0.531. The van der Waals surface area contributed by atoms with Gasteiger partial charge in [0.1, 0.15) is 6.10 Å². The minimum atomic E-state index is -0.871. The summed E-state index contributed by atoms with van der Waals surface area (Å²) in [5.41, 5.74) is -0.697. The van der Waals surface area contributed by atoms with E-state index in [2.05, 4.69) is 13.0 Å². The number of rotatable bonds is 5. The molecule has 1 saturated carbocycles. The summed E-state index contributed by atoms with van der Waals surface area (Å²) < 4.78 is 10.1. The largest absolute Gasteiger partial charge is 0.386 e. The molecule has 92 valence electrons. The highest BCUT2D eigenvalue weighted by molar-refractivity contribution is 5.08. The Hall–Kier alpha value is -0.630. The molecule has 1 aliphatic carbocycles. The molecule has 0 heterocycles. The molecule has 1 fully saturated rings. The molecule has 0 aromatic rings. The molecule has 1 rings (SSSR count).